The molecule has 0 bridgehead atoms. The summed E-state index contributed by atoms with van der Waals surface area (Å²) in [6.07, 6.45) is 1.26. The number of hydrogen-bond donors (Lipinski definition) is 0. The third-order valence-electron chi connectivity index (χ3n) is 1.21. The molecule has 0 amide bonds. The third-order valence-corrected chi connectivity index (χ3v) is 1.21. The summed E-state index contributed by atoms with van der Waals surface area (Å²) in [5.41, 5.74) is 0. The molecule has 0 aliphatic rings. The molecule has 2 nitrogen and oxygen atoms in total. The summed E-state index contributed by atoms with van der Waals surface area (Å²) < 4.78 is 0. The van der Waals surface area contributed by atoms with Gasteiger partial charge >= 0.3 is 39.3 Å². The minimum absolute atomic E-state index is 1.19. The number of rotatable bonds is 4. The average Bonchev–Trinajstić information content (AvgIpc) is 1.87. The quantitative estimate of drug-likeness (QED) is 0.719. The summed E-state index contributed by atoms with van der Waals surface area (Å²) in [7, 11) is 9.68. The molecular formula is C7H18Br2N2Ni+2. The molecular weight excluding hydrogens is 331 g/mol. The van der Waals surface area contributed by atoms with Crippen molar-refractivity contribution in [3.05, 3.63) is 0 Å². The molecule has 0 spiro atoms. The molecule has 0 unspecified atom stereocenters. The fourth-order valence-corrected chi connectivity index (χ4v) is 0.703. The topological polar surface area (TPSA) is 6.48 Å². The Labute approximate surface area is 96.4 Å². The molecule has 0 heterocycles. The Hall–Kier alpha value is 1.37. The van der Waals surface area contributed by atoms with Crippen LogP contribution in [-0.4, -0.2) is 51.1 Å². The number of hydrogen-bond acceptors (Lipinski definition) is 2. The van der Waals surface area contributed by atoms with Crippen LogP contribution in [0.2, 0.25) is 0 Å². The predicted octanol–water partition coefficient (Wildman–Crippen LogP) is 2.19. The maximum absolute atomic E-state index is 3.00. The van der Waals surface area contributed by atoms with Crippen molar-refractivity contribution in [2.75, 3.05) is 41.3 Å². The van der Waals surface area contributed by atoms with Gasteiger partial charge in [0.25, 0.3) is 0 Å². The van der Waals surface area contributed by atoms with Gasteiger partial charge in [0.1, 0.15) is 0 Å². The van der Waals surface area contributed by atoms with Crippen molar-refractivity contribution in [1.29, 1.82) is 0 Å². The van der Waals surface area contributed by atoms with E-state index < -0.39 is 0 Å². The molecule has 0 fully saturated rings. The first-order valence-electron chi connectivity index (χ1n) is 3.66. The second-order valence-corrected chi connectivity index (χ2v) is 7.99. The Morgan fingerprint density at radius 2 is 1.17 bits per heavy atom. The first-order chi connectivity index (χ1) is 5.54. The minimum atomic E-state index is 1.19. The Bertz CT molecular complexity index is 73.8. The van der Waals surface area contributed by atoms with E-state index >= 15 is 0 Å². The molecule has 12 heavy (non-hydrogen) atoms. The standard InChI is InChI=1S/C7H18N2.2BrH.Ni/c1-8(2)6-5-7-9(3)4;;;/h5-7H2,1-4H3;2*1H;/q;;;+4/p-2. The van der Waals surface area contributed by atoms with Crippen molar-refractivity contribution >= 4 is 28.5 Å². The molecule has 0 radical (unpaired) electrons. The molecule has 0 aliphatic carbocycles. The van der Waals surface area contributed by atoms with E-state index in [-0.39, 0.29) is 0 Å². The van der Waals surface area contributed by atoms with Gasteiger partial charge in [0.2, 0.25) is 0 Å². The second-order valence-electron chi connectivity index (χ2n) is 3.01. The average molecular weight is 349 g/mol. The van der Waals surface area contributed by atoms with Crippen LogP contribution in [0.4, 0.5) is 0 Å². The van der Waals surface area contributed by atoms with E-state index in [2.05, 4.69) is 66.4 Å². The van der Waals surface area contributed by atoms with Crippen molar-refractivity contribution in [3.8, 4) is 0 Å². The first-order valence-corrected chi connectivity index (χ1v) is 8.54. The molecule has 0 rings (SSSR count). The molecule has 0 aromatic rings. The van der Waals surface area contributed by atoms with Crippen LogP contribution in [0, 0.1) is 0 Å². The summed E-state index contributed by atoms with van der Waals surface area (Å²) in [4.78, 5) is 4.42. The molecule has 0 aromatic heterocycles. The number of halogens is 2. The van der Waals surface area contributed by atoms with Crippen LogP contribution in [0.1, 0.15) is 6.42 Å². The zero-order valence-electron chi connectivity index (χ0n) is 8.09. The Kier molecular flexibility index (Phi) is 16.3. The van der Waals surface area contributed by atoms with Gasteiger partial charge in [-0.2, -0.15) is 0 Å². The first kappa shape index (κ1) is 15.8. The fourth-order valence-electron chi connectivity index (χ4n) is 0.703. The molecule has 5 heteroatoms. The van der Waals surface area contributed by atoms with E-state index in [0.717, 1.165) is 0 Å². The van der Waals surface area contributed by atoms with Gasteiger partial charge in [-0.1, -0.05) is 0 Å². The van der Waals surface area contributed by atoms with Crippen molar-refractivity contribution in [3.63, 3.8) is 0 Å². The summed E-state index contributed by atoms with van der Waals surface area (Å²) in [5, 5.41) is 0. The molecule has 0 aliphatic heterocycles. The van der Waals surface area contributed by atoms with E-state index in [1.54, 1.807) is 0 Å². The molecule has 0 atom stereocenters. The van der Waals surface area contributed by atoms with Crippen molar-refractivity contribution in [1.82, 2.24) is 9.80 Å². The van der Waals surface area contributed by atoms with E-state index in [9.17, 15) is 0 Å². The van der Waals surface area contributed by atoms with Crippen molar-refractivity contribution in [2.24, 2.45) is 0 Å². The summed E-state index contributed by atoms with van der Waals surface area (Å²) in [5.74, 6) is 0. The van der Waals surface area contributed by atoms with Gasteiger partial charge in [-0.05, 0) is 47.7 Å². The Morgan fingerprint density at radius 1 is 0.917 bits per heavy atom. The molecule has 0 aromatic carbocycles. The Morgan fingerprint density at radius 3 is 1.33 bits per heavy atom. The molecule has 0 saturated carbocycles. The van der Waals surface area contributed by atoms with Gasteiger partial charge in [-0.25, -0.2) is 0 Å². The van der Waals surface area contributed by atoms with E-state index in [1.807, 2.05) is 0 Å². The summed E-state index contributed by atoms with van der Waals surface area (Å²) >= 11 is 6.00. The van der Waals surface area contributed by atoms with E-state index in [0.29, 0.717) is 0 Å². The zero-order valence-corrected chi connectivity index (χ0v) is 12.2. The van der Waals surface area contributed by atoms with Crippen molar-refractivity contribution < 1.29 is 10.9 Å². The summed E-state index contributed by atoms with van der Waals surface area (Å²) in [6.45, 7) is 2.39. The van der Waals surface area contributed by atoms with Crippen LogP contribution in [-0.2, 0) is 10.9 Å². The molecule has 0 saturated heterocycles. The van der Waals surface area contributed by atoms with Crippen LogP contribution in [0.15, 0.2) is 0 Å². The van der Waals surface area contributed by atoms with Crippen LogP contribution in [0.5, 0.6) is 0 Å². The molecule has 78 valence electrons. The van der Waals surface area contributed by atoms with Crippen LogP contribution < -0.4 is 0 Å². The monoisotopic (exact) mass is 346 g/mol. The zero-order chi connectivity index (χ0) is 9.98. The normalized spacial score (nSPS) is 10.3. The van der Waals surface area contributed by atoms with Gasteiger partial charge in [0.15, 0.2) is 0 Å². The summed E-state index contributed by atoms with van der Waals surface area (Å²) in [6, 6.07) is 0. The SMILES string of the molecule is CN(C)CCCN(C)C.[Br][Ni+2][Br]. The van der Waals surface area contributed by atoms with Gasteiger partial charge in [-0.3, -0.25) is 0 Å². The Balaban J connectivity index is 0. The van der Waals surface area contributed by atoms with Crippen LogP contribution >= 0.6 is 28.5 Å². The van der Waals surface area contributed by atoms with Crippen LogP contribution in [0.3, 0.4) is 0 Å². The fraction of sp³-hybridized carbons (Fsp3) is 1.00. The maximum atomic E-state index is 3.00. The van der Waals surface area contributed by atoms with Gasteiger partial charge in [0, 0.05) is 0 Å². The van der Waals surface area contributed by atoms with E-state index in [4.69, 9.17) is 0 Å². The third kappa shape index (κ3) is 22.5. The second kappa shape index (κ2) is 12.4. The van der Waals surface area contributed by atoms with Gasteiger partial charge in [-0.15, -0.1) is 0 Å². The van der Waals surface area contributed by atoms with Crippen molar-refractivity contribution in [2.45, 2.75) is 6.42 Å². The number of nitrogens with zero attached hydrogens (tertiary/aromatic N) is 2. The van der Waals surface area contributed by atoms with Crippen LogP contribution in [0.25, 0.3) is 0 Å². The van der Waals surface area contributed by atoms with E-state index in [1.165, 1.54) is 30.4 Å². The van der Waals surface area contributed by atoms with Gasteiger partial charge in [0.05, 0.1) is 0 Å². The molecule has 0 N–H and O–H groups in total. The predicted molar refractivity (Wildman–Crippen MR) is 59.6 cm³/mol. The van der Waals surface area contributed by atoms with Gasteiger partial charge < -0.3 is 9.80 Å².